The van der Waals surface area contributed by atoms with Crippen molar-refractivity contribution in [3.05, 3.63) is 168 Å². The molecule has 312 valence electrons. The fourth-order valence-corrected chi connectivity index (χ4v) is 9.48. The molecule has 1 saturated heterocycles. The zero-order chi connectivity index (χ0) is 42.1. The zero-order valence-electron chi connectivity index (χ0n) is 37.1. The van der Waals surface area contributed by atoms with Gasteiger partial charge in [0.15, 0.2) is 12.4 Å². The predicted octanol–water partition coefficient (Wildman–Crippen LogP) is 14.2. The van der Waals surface area contributed by atoms with Crippen LogP contribution in [-0.2, 0) is 37.3 Å². The number of imidazole rings is 1. The molecule has 2 atom stereocenters. The summed E-state index contributed by atoms with van der Waals surface area (Å²) in [6.45, 7) is 27.3. The van der Waals surface area contributed by atoms with Gasteiger partial charge in [0.1, 0.15) is 0 Å². The molecular formula is C54H54N5OPt-. The van der Waals surface area contributed by atoms with Gasteiger partial charge in [-0.1, -0.05) is 128 Å². The largest absolute Gasteiger partial charge is 0.509 e. The number of aryl methyl sites for hydroxylation is 2. The number of rotatable bonds is 6. The maximum Gasteiger partial charge on any atom is 0.225 e. The Morgan fingerprint density at radius 3 is 1.93 bits per heavy atom. The molecule has 1 unspecified atom stereocenters. The van der Waals surface area contributed by atoms with E-state index in [4.69, 9.17) is 9.72 Å². The van der Waals surface area contributed by atoms with Crippen molar-refractivity contribution in [3.8, 4) is 23.1 Å². The standard InChI is InChI=1S/C54H54N5O.Pt/c1-35-27-38(53(6,7)8)28-36(2)50(35)56-26-25-55-51(56)57-46-20-13-12-19-44(46)45-24-23-42(33-47(45)57)60-43-31-39(54(9,10)11)30-41(32-43)59-34-58(59,48-21-14-15-22-49(48)59)40-18-16-17-37(29-40)52(3,4)5;/h12-31,34H,1-11H3;/q-1;/t58-,59?;/m0./s1. The minimum absolute atomic E-state index is 0. The number of hydrogen-bond acceptors (Lipinski definition) is 2. The van der Waals surface area contributed by atoms with Crippen molar-refractivity contribution in [2.24, 2.45) is 0 Å². The third kappa shape index (κ3) is 6.20. The summed E-state index contributed by atoms with van der Waals surface area (Å²) in [7, 11) is 0. The molecule has 7 heteroatoms. The van der Waals surface area contributed by atoms with Gasteiger partial charge < -0.3 is 9.30 Å². The Hall–Kier alpha value is -5.26. The number of nitrogens with zero attached hydrogens (tertiary/aromatic N) is 5. The Labute approximate surface area is 375 Å². The van der Waals surface area contributed by atoms with Gasteiger partial charge >= 0.3 is 0 Å². The van der Waals surface area contributed by atoms with Crippen LogP contribution in [0.15, 0.2) is 122 Å². The molecule has 10 rings (SSSR count). The summed E-state index contributed by atoms with van der Waals surface area (Å²) >= 11 is 0. The molecule has 0 spiro atoms. The third-order valence-corrected chi connectivity index (χ3v) is 12.8. The van der Waals surface area contributed by atoms with Crippen LogP contribution < -0.4 is 13.9 Å². The normalized spacial score (nSPS) is 18.3. The molecule has 8 aromatic rings. The van der Waals surface area contributed by atoms with Gasteiger partial charge in [0.2, 0.25) is 17.3 Å². The van der Waals surface area contributed by atoms with E-state index in [0.717, 1.165) is 39.1 Å². The molecule has 6 nitrogen and oxygen atoms in total. The van der Waals surface area contributed by atoms with Gasteiger partial charge in [0.05, 0.1) is 11.4 Å². The second-order valence-electron chi connectivity index (χ2n) is 20.0. The quantitative estimate of drug-likeness (QED) is 0.0945. The first-order valence-electron chi connectivity index (χ1n) is 21.2. The summed E-state index contributed by atoms with van der Waals surface area (Å²) in [5.74, 6) is 2.10. The van der Waals surface area contributed by atoms with Crippen LogP contribution in [0.1, 0.15) is 90.1 Å². The van der Waals surface area contributed by atoms with Crippen LogP contribution in [0.3, 0.4) is 0 Å². The number of aromatic nitrogens is 3. The number of para-hydroxylation sites is 3. The van der Waals surface area contributed by atoms with Gasteiger partial charge in [0, 0.05) is 74.7 Å². The van der Waals surface area contributed by atoms with E-state index >= 15 is 0 Å². The van der Waals surface area contributed by atoms with Crippen molar-refractivity contribution in [1.29, 1.82) is 0 Å². The Balaban J connectivity index is 0.00000476. The van der Waals surface area contributed by atoms with Crippen molar-refractivity contribution in [1.82, 2.24) is 23.3 Å². The van der Waals surface area contributed by atoms with Crippen LogP contribution in [0.25, 0.3) is 33.4 Å². The van der Waals surface area contributed by atoms with Gasteiger partial charge in [-0.05, 0) is 63.8 Å². The summed E-state index contributed by atoms with van der Waals surface area (Å²) < 4.78 is 12.5. The van der Waals surface area contributed by atoms with Crippen LogP contribution in [0, 0.1) is 32.6 Å². The fourth-order valence-electron chi connectivity index (χ4n) is 9.48. The molecule has 0 N–H and O–H groups in total. The molecular weight excluding hydrogens is 930 g/mol. The van der Waals surface area contributed by atoms with E-state index in [2.05, 4.69) is 213 Å². The molecule has 0 bridgehead atoms. The monoisotopic (exact) mass is 983 g/mol. The maximum absolute atomic E-state index is 6.92. The van der Waals surface area contributed by atoms with Crippen molar-refractivity contribution < 1.29 is 25.8 Å². The second-order valence-corrected chi connectivity index (χ2v) is 20.0. The van der Waals surface area contributed by atoms with E-state index in [1.807, 2.05) is 12.3 Å². The Bertz CT molecular complexity index is 3020. The summed E-state index contributed by atoms with van der Waals surface area (Å²) in [6, 6.07) is 47.3. The molecule has 0 amide bonds. The summed E-state index contributed by atoms with van der Waals surface area (Å²) in [5.41, 5.74) is 14.2. The van der Waals surface area contributed by atoms with E-state index < -0.39 is 0 Å². The first-order valence-corrected chi connectivity index (χ1v) is 21.2. The summed E-state index contributed by atoms with van der Waals surface area (Å²) in [5, 5.41) is 2.23. The molecule has 2 aromatic heterocycles. The Morgan fingerprint density at radius 2 is 1.25 bits per heavy atom. The van der Waals surface area contributed by atoms with Crippen molar-refractivity contribution in [3.63, 3.8) is 0 Å². The molecule has 61 heavy (non-hydrogen) atoms. The van der Waals surface area contributed by atoms with Gasteiger partial charge in [-0.3, -0.25) is 4.57 Å². The van der Waals surface area contributed by atoms with Gasteiger partial charge in [-0.15, -0.1) is 35.2 Å². The van der Waals surface area contributed by atoms with Gasteiger partial charge in [0.25, 0.3) is 0 Å². The summed E-state index contributed by atoms with van der Waals surface area (Å²) in [6.07, 6.45) is 3.96. The number of hydrogen-bond donors (Lipinski definition) is 0. The predicted molar refractivity (Wildman–Crippen MR) is 248 cm³/mol. The molecule has 0 saturated carbocycles. The van der Waals surface area contributed by atoms with Crippen molar-refractivity contribution >= 4 is 44.6 Å². The van der Waals surface area contributed by atoms with E-state index in [9.17, 15) is 0 Å². The Kier molecular flexibility index (Phi) is 9.35. The molecule has 6 aromatic carbocycles. The van der Waals surface area contributed by atoms with E-state index in [1.54, 1.807) is 0 Å². The fraction of sp³-hybridized carbons (Fsp3) is 0.259. The van der Waals surface area contributed by atoms with E-state index in [1.165, 1.54) is 44.9 Å². The SMILES string of the molecule is Cc1cc(C(C)(C)C)cc(C)c1-n1ccnc1-n1c2[c-]c(Oc3[c-]c([N+]45[CH-][N@+]4(c4cccc(C(C)(C)C)c4)c4ccccc45)cc(C(C)(C)C)c3)ccc2c2ccccc21.[Pt]. The van der Waals surface area contributed by atoms with Crippen LogP contribution in [0.2, 0.25) is 0 Å². The summed E-state index contributed by atoms with van der Waals surface area (Å²) in [4.78, 5) is 5.02. The maximum atomic E-state index is 6.92. The van der Waals surface area contributed by atoms with E-state index in [0.29, 0.717) is 20.7 Å². The Morgan fingerprint density at radius 1 is 0.607 bits per heavy atom. The topological polar surface area (TPSA) is 32.0 Å². The molecule has 2 aliphatic rings. The molecule has 0 radical (unpaired) electrons. The first-order chi connectivity index (χ1) is 28.4. The molecule has 2 aliphatic heterocycles. The smallest absolute Gasteiger partial charge is 0.225 e. The van der Waals surface area contributed by atoms with Crippen molar-refractivity contribution in [2.75, 3.05) is 0 Å². The minimum atomic E-state index is -0.138. The molecule has 1 fully saturated rings. The van der Waals surface area contributed by atoms with Crippen LogP contribution in [-0.4, -0.2) is 14.1 Å². The third-order valence-electron chi connectivity index (χ3n) is 12.8. The average molecular weight is 984 g/mol. The zero-order valence-corrected chi connectivity index (χ0v) is 39.4. The number of benzene rings is 6. The van der Waals surface area contributed by atoms with Gasteiger partial charge in [-0.25, -0.2) is 9.58 Å². The second kappa shape index (κ2) is 13.9. The first kappa shape index (κ1) is 41.1. The average Bonchev–Trinajstić information content (AvgIpc) is 3.37. The number of ether oxygens (including phenoxy) is 1. The van der Waals surface area contributed by atoms with Crippen LogP contribution >= 0.6 is 0 Å². The molecule has 0 aliphatic carbocycles. The van der Waals surface area contributed by atoms with Crippen molar-refractivity contribution in [2.45, 2.75) is 92.4 Å². The number of quaternary nitrogens is 2. The van der Waals surface area contributed by atoms with E-state index in [-0.39, 0.29) is 37.3 Å². The minimum Gasteiger partial charge on any atom is -0.509 e. The number of fused-ring (bicyclic) bond motifs is 7. The molecule has 4 heterocycles. The van der Waals surface area contributed by atoms with Crippen LogP contribution in [0.5, 0.6) is 11.5 Å². The van der Waals surface area contributed by atoms with Gasteiger partial charge in [-0.2, -0.15) is 10.7 Å². The van der Waals surface area contributed by atoms with Crippen LogP contribution in [0.4, 0.5) is 22.7 Å².